The van der Waals surface area contributed by atoms with Crippen molar-refractivity contribution in [2.75, 3.05) is 20.4 Å². The minimum Gasteiger partial charge on any atom is -0.454 e. The standard InChI is InChI=1S/C11H14BrNO2/c1-3-13(2)6-8-4-10-11(5-9(8)12)15-7-14-10/h4-5H,3,6-7H2,1-2H3. The molecule has 4 heteroatoms. The predicted molar refractivity (Wildman–Crippen MR) is 62.3 cm³/mol. The van der Waals surface area contributed by atoms with E-state index in [2.05, 4.69) is 34.8 Å². The second-order valence-electron chi connectivity index (χ2n) is 3.63. The summed E-state index contributed by atoms with van der Waals surface area (Å²) in [6, 6.07) is 4.01. The smallest absolute Gasteiger partial charge is 0.231 e. The monoisotopic (exact) mass is 271 g/mol. The zero-order valence-electron chi connectivity index (χ0n) is 8.92. The summed E-state index contributed by atoms with van der Waals surface area (Å²) < 4.78 is 11.7. The second kappa shape index (κ2) is 4.41. The van der Waals surface area contributed by atoms with E-state index in [4.69, 9.17) is 9.47 Å². The van der Waals surface area contributed by atoms with E-state index in [0.717, 1.165) is 29.1 Å². The summed E-state index contributed by atoms with van der Waals surface area (Å²) in [5.74, 6) is 1.67. The second-order valence-corrected chi connectivity index (χ2v) is 4.48. The number of nitrogens with zero attached hydrogens (tertiary/aromatic N) is 1. The fraction of sp³-hybridized carbons (Fsp3) is 0.455. The molecule has 15 heavy (non-hydrogen) atoms. The normalized spacial score (nSPS) is 13.6. The molecule has 1 aromatic carbocycles. The Morgan fingerprint density at radius 1 is 1.33 bits per heavy atom. The van der Waals surface area contributed by atoms with Gasteiger partial charge in [-0.3, -0.25) is 0 Å². The average molecular weight is 272 g/mol. The topological polar surface area (TPSA) is 21.7 Å². The zero-order valence-corrected chi connectivity index (χ0v) is 10.5. The first kappa shape index (κ1) is 10.8. The van der Waals surface area contributed by atoms with E-state index in [9.17, 15) is 0 Å². The van der Waals surface area contributed by atoms with Crippen LogP contribution in [0.5, 0.6) is 11.5 Å². The van der Waals surface area contributed by atoms with Gasteiger partial charge < -0.3 is 14.4 Å². The zero-order chi connectivity index (χ0) is 10.8. The Kier molecular flexibility index (Phi) is 3.17. The highest BCUT2D eigenvalue weighted by Crippen LogP contribution is 2.37. The van der Waals surface area contributed by atoms with Gasteiger partial charge in [-0.05, 0) is 31.3 Å². The lowest BCUT2D eigenvalue weighted by Crippen LogP contribution is -2.16. The molecule has 3 nitrogen and oxygen atoms in total. The Morgan fingerprint density at radius 2 is 2.00 bits per heavy atom. The van der Waals surface area contributed by atoms with Gasteiger partial charge in [0.05, 0.1) is 0 Å². The number of hydrogen-bond donors (Lipinski definition) is 0. The van der Waals surface area contributed by atoms with Crippen LogP contribution in [0.3, 0.4) is 0 Å². The molecule has 2 rings (SSSR count). The number of ether oxygens (including phenoxy) is 2. The van der Waals surface area contributed by atoms with Gasteiger partial charge in [-0.1, -0.05) is 22.9 Å². The van der Waals surface area contributed by atoms with Crippen LogP contribution in [0.4, 0.5) is 0 Å². The maximum Gasteiger partial charge on any atom is 0.231 e. The highest BCUT2D eigenvalue weighted by Gasteiger charge is 2.16. The molecule has 0 fully saturated rings. The Balaban J connectivity index is 2.24. The van der Waals surface area contributed by atoms with Gasteiger partial charge in [0.15, 0.2) is 11.5 Å². The minimum absolute atomic E-state index is 0.328. The molecule has 0 amide bonds. The molecule has 1 aliphatic rings. The van der Waals surface area contributed by atoms with Gasteiger partial charge in [0.2, 0.25) is 6.79 Å². The van der Waals surface area contributed by atoms with Crippen molar-refractivity contribution in [1.29, 1.82) is 0 Å². The van der Waals surface area contributed by atoms with E-state index in [1.165, 1.54) is 5.56 Å². The predicted octanol–water partition coefficient (Wildman–Crippen LogP) is 2.63. The number of benzene rings is 1. The molecule has 0 bridgehead atoms. The highest BCUT2D eigenvalue weighted by atomic mass is 79.9. The summed E-state index contributed by atoms with van der Waals surface area (Å²) in [6.07, 6.45) is 0. The van der Waals surface area contributed by atoms with Gasteiger partial charge in [-0.25, -0.2) is 0 Å². The van der Waals surface area contributed by atoms with Crippen LogP contribution < -0.4 is 9.47 Å². The van der Waals surface area contributed by atoms with Crippen molar-refractivity contribution in [2.45, 2.75) is 13.5 Å². The molecule has 0 unspecified atom stereocenters. The summed E-state index contributed by atoms with van der Waals surface area (Å²) in [7, 11) is 2.09. The molecular formula is C11H14BrNO2. The molecule has 1 aromatic rings. The van der Waals surface area contributed by atoms with Crippen LogP contribution >= 0.6 is 15.9 Å². The molecule has 1 heterocycles. The van der Waals surface area contributed by atoms with Crippen LogP contribution in [-0.4, -0.2) is 25.3 Å². The molecular weight excluding hydrogens is 258 g/mol. The maximum absolute atomic E-state index is 5.35. The molecule has 82 valence electrons. The van der Waals surface area contributed by atoms with E-state index in [1.807, 2.05) is 12.1 Å². The lowest BCUT2D eigenvalue weighted by Gasteiger charge is -2.15. The Bertz CT molecular complexity index is 368. The van der Waals surface area contributed by atoms with Crippen molar-refractivity contribution in [1.82, 2.24) is 4.90 Å². The molecule has 0 aliphatic carbocycles. The Morgan fingerprint density at radius 3 is 2.67 bits per heavy atom. The van der Waals surface area contributed by atoms with Crippen LogP contribution in [0.25, 0.3) is 0 Å². The fourth-order valence-electron chi connectivity index (χ4n) is 1.48. The van der Waals surface area contributed by atoms with Gasteiger partial charge in [0.25, 0.3) is 0 Å². The molecule has 0 aromatic heterocycles. The summed E-state index contributed by atoms with van der Waals surface area (Å²) in [4.78, 5) is 2.24. The van der Waals surface area contributed by atoms with Gasteiger partial charge in [-0.2, -0.15) is 0 Å². The SMILES string of the molecule is CCN(C)Cc1cc2c(cc1Br)OCO2. The summed E-state index contributed by atoms with van der Waals surface area (Å²) in [6.45, 7) is 4.41. The Hall–Kier alpha value is -0.740. The van der Waals surface area contributed by atoms with E-state index >= 15 is 0 Å². The number of rotatable bonds is 3. The van der Waals surface area contributed by atoms with E-state index in [0.29, 0.717) is 6.79 Å². The highest BCUT2D eigenvalue weighted by molar-refractivity contribution is 9.10. The maximum atomic E-state index is 5.35. The van der Waals surface area contributed by atoms with Crippen molar-refractivity contribution in [3.05, 3.63) is 22.2 Å². The first-order valence-electron chi connectivity index (χ1n) is 4.97. The summed E-state index contributed by atoms with van der Waals surface area (Å²) in [5.41, 5.74) is 1.23. The van der Waals surface area contributed by atoms with Crippen LogP contribution in [0.2, 0.25) is 0 Å². The Labute approximate surface area is 98.1 Å². The van der Waals surface area contributed by atoms with Crippen molar-refractivity contribution >= 4 is 15.9 Å². The first-order chi connectivity index (χ1) is 7.20. The average Bonchev–Trinajstić information content (AvgIpc) is 2.65. The molecule has 0 N–H and O–H groups in total. The van der Waals surface area contributed by atoms with Crippen LogP contribution in [-0.2, 0) is 6.54 Å². The van der Waals surface area contributed by atoms with E-state index < -0.39 is 0 Å². The summed E-state index contributed by atoms with van der Waals surface area (Å²) in [5, 5.41) is 0. The van der Waals surface area contributed by atoms with Gasteiger partial charge in [-0.15, -0.1) is 0 Å². The van der Waals surface area contributed by atoms with Crippen molar-refractivity contribution < 1.29 is 9.47 Å². The molecule has 0 saturated heterocycles. The molecule has 0 atom stereocenters. The molecule has 1 aliphatic heterocycles. The molecule has 0 saturated carbocycles. The minimum atomic E-state index is 0.328. The van der Waals surface area contributed by atoms with Crippen LogP contribution in [0.1, 0.15) is 12.5 Å². The third-order valence-corrected chi connectivity index (χ3v) is 3.26. The number of fused-ring (bicyclic) bond motifs is 1. The van der Waals surface area contributed by atoms with E-state index in [1.54, 1.807) is 0 Å². The molecule has 0 radical (unpaired) electrons. The van der Waals surface area contributed by atoms with Gasteiger partial charge in [0.1, 0.15) is 0 Å². The van der Waals surface area contributed by atoms with Gasteiger partial charge >= 0.3 is 0 Å². The third-order valence-electron chi connectivity index (χ3n) is 2.52. The largest absolute Gasteiger partial charge is 0.454 e. The lowest BCUT2D eigenvalue weighted by atomic mass is 10.2. The first-order valence-corrected chi connectivity index (χ1v) is 5.76. The lowest BCUT2D eigenvalue weighted by molar-refractivity contribution is 0.174. The molecule has 0 spiro atoms. The van der Waals surface area contributed by atoms with Crippen molar-refractivity contribution in [3.63, 3.8) is 0 Å². The summed E-state index contributed by atoms with van der Waals surface area (Å²) >= 11 is 3.55. The number of hydrogen-bond acceptors (Lipinski definition) is 3. The fourth-order valence-corrected chi connectivity index (χ4v) is 1.93. The van der Waals surface area contributed by atoms with Crippen molar-refractivity contribution in [3.8, 4) is 11.5 Å². The van der Waals surface area contributed by atoms with Crippen LogP contribution in [0, 0.1) is 0 Å². The van der Waals surface area contributed by atoms with Crippen LogP contribution in [0.15, 0.2) is 16.6 Å². The quantitative estimate of drug-likeness (QED) is 0.844. The number of halogens is 1. The van der Waals surface area contributed by atoms with Gasteiger partial charge in [0, 0.05) is 11.0 Å². The van der Waals surface area contributed by atoms with Crippen molar-refractivity contribution in [2.24, 2.45) is 0 Å². The third kappa shape index (κ3) is 2.26. The van der Waals surface area contributed by atoms with E-state index in [-0.39, 0.29) is 0 Å².